The average Bonchev–Trinajstić information content (AvgIpc) is 2.88. The monoisotopic (exact) mass is 289 g/mol. The number of carbonyl (C=O) groups is 1. The molecule has 0 spiro atoms. The van der Waals surface area contributed by atoms with Crippen LogP contribution in [-0.2, 0) is 11.2 Å². The van der Waals surface area contributed by atoms with Crippen molar-refractivity contribution in [3.05, 3.63) is 29.8 Å². The number of aromatic nitrogens is 2. The molecule has 6 nitrogen and oxygen atoms in total. The molecule has 6 heteroatoms. The number of pyridine rings is 1. The molecule has 0 bridgehead atoms. The summed E-state index contributed by atoms with van der Waals surface area (Å²) < 4.78 is 6.54. The number of carbonyl (C=O) groups excluding carboxylic acids is 1. The molecule has 1 aliphatic heterocycles. The van der Waals surface area contributed by atoms with E-state index in [1.165, 1.54) is 20.0 Å². The minimum atomic E-state index is -0.531. The molecule has 0 radical (unpaired) electrons. The van der Waals surface area contributed by atoms with Crippen molar-refractivity contribution in [1.82, 2.24) is 14.7 Å². The lowest BCUT2D eigenvalue weighted by Crippen LogP contribution is -2.36. The Balaban J connectivity index is 2.02. The summed E-state index contributed by atoms with van der Waals surface area (Å²) in [5.41, 5.74) is 0.580. The molecule has 2 aromatic heterocycles. The van der Waals surface area contributed by atoms with E-state index in [2.05, 4.69) is 10.3 Å². The minimum absolute atomic E-state index is 0.0354. The second-order valence-corrected chi connectivity index (χ2v) is 5.33. The van der Waals surface area contributed by atoms with E-state index in [1.54, 1.807) is 16.5 Å². The van der Waals surface area contributed by atoms with E-state index in [1.807, 2.05) is 6.20 Å². The van der Waals surface area contributed by atoms with Gasteiger partial charge in [0.1, 0.15) is 17.1 Å². The first kappa shape index (κ1) is 13.9. The van der Waals surface area contributed by atoms with Gasteiger partial charge in [0.25, 0.3) is 0 Å². The highest BCUT2D eigenvalue weighted by molar-refractivity contribution is 5.96. The number of hydrogen-bond donors (Lipinski definition) is 2. The van der Waals surface area contributed by atoms with Gasteiger partial charge in [-0.25, -0.2) is 9.78 Å². The number of imidazole rings is 1. The molecule has 0 amide bonds. The number of piperidine rings is 1. The Bertz CT molecular complexity index is 659. The van der Waals surface area contributed by atoms with Gasteiger partial charge in [0, 0.05) is 18.7 Å². The quantitative estimate of drug-likeness (QED) is 0.838. The third kappa shape index (κ3) is 2.58. The predicted octanol–water partition coefficient (Wildman–Crippen LogP) is 1.51. The molecule has 0 aromatic carbocycles. The van der Waals surface area contributed by atoms with Gasteiger partial charge in [-0.15, -0.1) is 0 Å². The molecule has 0 aliphatic carbocycles. The summed E-state index contributed by atoms with van der Waals surface area (Å²) in [6, 6.07) is 3.65. The van der Waals surface area contributed by atoms with Crippen molar-refractivity contribution in [1.29, 1.82) is 0 Å². The first-order valence-electron chi connectivity index (χ1n) is 7.21. The number of aromatic hydroxyl groups is 1. The first-order valence-corrected chi connectivity index (χ1v) is 7.21. The molecule has 1 fully saturated rings. The normalized spacial score (nSPS) is 18.8. The van der Waals surface area contributed by atoms with Gasteiger partial charge >= 0.3 is 5.97 Å². The van der Waals surface area contributed by atoms with E-state index in [-0.39, 0.29) is 11.4 Å². The van der Waals surface area contributed by atoms with Crippen molar-refractivity contribution < 1.29 is 14.6 Å². The Morgan fingerprint density at radius 1 is 1.57 bits per heavy atom. The van der Waals surface area contributed by atoms with Crippen LogP contribution >= 0.6 is 0 Å². The van der Waals surface area contributed by atoms with Crippen LogP contribution in [0.5, 0.6) is 5.75 Å². The van der Waals surface area contributed by atoms with Crippen LogP contribution in [-0.4, -0.2) is 40.2 Å². The highest BCUT2D eigenvalue weighted by Gasteiger charge is 2.23. The molecule has 2 N–H and O–H groups in total. The fourth-order valence-corrected chi connectivity index (χ4v) is 2.89. The zero-order valence-electron chi connectivity index (χ0n) is 12.0. The van der Waals surface area contributed by atoms with Crippen molar-refractivity contribution in [3.63, 3.8) is 0 Å². The van der Waals surface area contributed by atoms with E-state index in [0.717, 1.165) is 25.2 Å². The van der Waals surface area contributed by atoms with Gasteiger partial charge in [0.15, 0.2) is 5.69 Å². The lowest BCUT2D eigenvalue weighted by molar-refractivity contribution is 0.0596. The zero-order chi connectivity index (χ0) is 14.8. The maximum absolute atomic E-state index is 11.9. The van der Waals surface area contributed by atoms with E-state index in [9.17, 15) is 9.90 Å². The van der Waals surface area contributed by atoms with Gasteiger partial charge in [-0.3, -0.25) is 4.40 Å². The van der Waals surface area contributed by atoms with E-state index < -0.39 is 5.97 Å². The molecule has 21 heavy (non-hydrogen) atoms. The van der Waals surface area contributed by atoms with E-state index in [4.69, 9.17) is 4.74 Å². The van der Waals surface area contributed by atoms with Crippen molar-refractivity contribution in [2.45, 2.75) is 31.7 Å². The van der Waals surface area contributed by atoms with Gasteiger partial charge < -0.3 is 15.2 Å². The van der Waals surface area contributed by atoms with Crippen LogP contribution in [0.1, 0.15) is 35.6 Å². The summed E-state index contributed by atoms with van der Waals surface area (Å²) in [5.74, 6) is 0.269. The van der Waals surface area contributed by atoms with Gasteiger partial charge in [0.05, 0.1) is 7.11 Å². The van der Waals surface area contributed by atoms with Crippen molar-refractivity contribution in [2.75, 3.05) is 13.7 Å². The number of hydrogen-bond acceptors (Lipinski definition) is 5. The fourth-order valence-electron chi connectivity index (χ4n) is 2.89. The molecule has 1 unspecified atom stereocenters. The maximum Gasteiger partial charge on any atom is 0.359 e. The Morgan fingerprint density at radius 3 is 3.14 bits per heavy atom. The lowest BCUT2D eigenvalue weighted by Gasteiger charge is -2.22. The number of fused-ring (bicyclic) bond motifs is 1. The molecular formula is C15H19N3O3. The SMILES string of the molecule is COC(=O)c1nc(CC2CCCCN2)n2cccc(O)c12. The summed E-state index contributed by atoms with van der Waals surface area (Å²) in [4.78, 5) is 16.3. The van der Waals surface area contributed by atoms with Crippen LogP contribution < -0.4 is 5.32 Å². The molecule has 1 atom stereocenters. The molecular weight excluding hydrogens is 270 g/mol. The summed E-state index contributed by atoms with van der Waals surface area (Å²) in [6.45, 7) is 1.02. The predicted molar refractivity (Wildman–Crippen MR) is 77.5 cm³/mol. The molecule has 1 saturated heterocycles. The molecule has 2 aromatic rings. The van der Waals surface area contributed by atoms with Crippen LogP contribution in [0, 0.1) is 0 Å². The standard InChI is InChI=1S/C15H19N3O3/c1-21-15(20)13-14-11(19)6-4-8-18(14)12(17-13)9-10-5-2-3-7-16-10/h4,6,8,10,16,19H,2-3,5,7,9H2,1H3. The maximum atomic E-state index is 11.9. The van der Waals surface area contributed by atoms with Gasteiger partial charge in [-0.1, -0.05) is 6.42 Å². The Hall–Kier alpha value is -2.08. The lowest BCUT2D eigenvalue weighted by atomic mass is 10.0. The molecule has 3 rings (SSSR count). The van der Waals surface area contributed by atoms with Crippen molar-refractivity contribution in [3.8, 4) is 5.75 Å². The minimum Gasteiger partial charge on any atom is -0.506 e. The number of nitrogens with one attached hydrogen (secondary N) is 1. The molecule has 1 aliphatic rings. The van der Waals surface area contributed by atoms with Crippen molar-refractivity contribution >= 4 is 11.5 Å². The third-order valence-corrected chi connectivity index (χ3v) is 3.94. The van der Waals surface area contributed by atoms with Crippen LogP contribution in [0.4, 0.5) is 0 Å². The van der Waals surface area contributed by atoms with E-state index in [0.29, 0.717) is 11.6 Å². The Morgan fingerprint density at radius 2 is 2.43 bits per heavy atom. The number of rotatable bonds is 3. The second-order valence-electron chi connectivity index (χ2n) is 5.33. The molecule has 3 heterocycles. The van der Waals surface area contributed by atoms with Crippen LogP contribution in [0.2, 0.25) is 0 Å². The van der Waals surface area contributed by atoms with Gasteiger partial charge in [-0.2, -0.15) is 0 Å². The number of methoxy groups -OCH3 is 1. The highest BCUT2D eigenvalue weighted by atomic mass is 16.5. The topological polar surface area (TPSA) is 75.9 Å². The second kappa shape index (κ2) is 5.73. The Labute approximate surface area is 122 Å². The van der Waals surface area contributed by atoms with Gasteiger partial charge in [0.2, 0.25) is 0 Å². The fraction of sp³-hybridized carbons (Fsp3) is 0.467. The first-order chi connectivity index (χ1) is 10.2. The van der Waals surface area contributed by atoms with Crippen molar-refractivity contribution in [2.24, 2.45) is 0 Å². The molecule has 112 valence electrons. The van der Waals surface area contributed by atoms with Crippen LogP contribution in [0.15, 0.2) is 18.3 Å². The van der Waals surface area contributed by atoms with Crippen LogP contribution in [0.25, 0.3) is 5.52 Å². The zero-order valence-corrected chi connectivity index (χ0v) is 12.0. The highest BCUT2D eigenvalue weighted by Crippen LogP contribution is 2.25. The van der Waals surface area contributed by atoms with E-state index >= 15 is 0 Å². The third-order valence-electron chi connectivity index (χ3n) is 3.94. The number of nitrogens with zero attached hydrogens (tertiary/aromatic N) is 2. The Kier molecular flexibility index (Phi) is 3.79. The number of esters is 1. The summed E-state index contributed by atoms with van der Waals surface area (Å²) in [5, 5.41) is 13.5. The van der Waals surface area contributed by atoms with Gasteiger partial charge in [-0.05, 0) is 31.5 Å². The summed E-state index contributed by atoms with van der Waals surface area (Å²) >= 11 is 0. The summed E-state index contributed by atoms with van der Waals surface area (Å²) in [6.07, 6.45) is 6.04. The summed E-state index contributed by atoms with van der Waals surface area (Å²) in [7, 11) is 1.32. The molecule has 0 saturated carbocycles. The van der Waals surface area contributed by atoms with Crippen LogP contribution in [0.3, 0.4) is 0 Å². The smallest absolute Gasteiger partial charge is 0.359 e. The largest absolute Gasteiger partial charge is 0.506 e. The average molecular weight is 289 g/mol. The number of ether oxygens (including phenoxy) is 1.